The van der Waals surface area contributed by atoms with E-state index in [1.807, 2.05) is 74.5 Å². The summed E-state index contributed by atoms with van der Waals surface area (Å²) in [5, 5.41) is 11.6. The van der Waals surface area contributed by atoms with Crippen LogP contribution in [0.5, 0.6) is 17.2 Å². The van der Waals surface area contributed by atoms with Gasteiger partial charge in [-0.15, -0.1) is 0 Å². The average Bonchev–Trinajstić information content (AvgIpc) is 3.22. The third-order valence-electron chi connectivity index (χ3n) is 7.22. The average molecular weight is 543 g/mol. The van der Waals surface area contributed by atoms with Crippen LogP contribution in [0.2, 0.25) is 0 Å². The minimum absolute atomic E-state index is 0.0658. The predicted molar refractivity (Wildman–Crippen MR) is 152 cm³/mol. The fourth-order valence-electron chi connectivity index (χ4n) is 5.21. The van der Waals surface area contributed by atoms with Gasteiger partial charge in [0.2, 0.25) is 0 Å². The van der Waals surface area contributed by atoms with Gasteiger partial charge in [0.1, 0.15) is 23.0 Å². The van der Waals surface area contributed by atoms with Crippen molar-refractivity contribution in [3.63, 3.8) is 0 Å². The number of carbonyl (C=O) groups is 2. The van der Waals surface area contributed by atoms with E-state index in [1.54, 1.807) is 17.0 Å². The highest BCUT2D eigenvalue weighted by atomic mass is 16.5. The van der Waals surface area contributed by atoms with Gasteiger partial charge in [-0.2, -0.15) is 0 Å². The number of Topliss-reactive ketones (excluding diaryl/α,β-unsaturated/α-hetero) is 1. The smallest absolute Gasteiger partial charge is 0.295 e. The number of hydrogen-bond donors (Lipinski definition) is 1. The Kier molecular flexibility index (Phi) is 8.48. The molecule has 0 saturated carbocycles. The quantitative estimate of drug-likeness (QED) is 0.233. The highest BCUT2D eigenvalue weighted by Crippen LogP contribution is 2.41. The minimum atomic E-state index is -0.772. The number of hydrogen-bond acceptors (Lipinski definition) is 7. The predicted octanol–water partition coefficient (Wildman–Crippen LogP) is 4.94. The van der Waals surface area contributed by atoms with Crippen molar-refractivity contribution < 1.29 is 28.9 Å². The van der Waals surface area contributed by atoms with Gasteiger partial charge in [0.05, 0.1) is 31.4 Å². The normalized spacial score (nSPS) is 19.1. The minimum Gasteiger partial charge on any atom is -0.507 e. The standard InChI is InChI=1S/C32H34N2O6/c1-3-39-25-12-13-27(22(2)20-25)30(35)28-29(23-8-7-11-26(21-23)40-24-9-5-4-6-10-24)34(32(37)31(28)36)15-14-33-16-18-38-19-17-33/h4-13,20-21,29,35H,3,14-19H2,1-2H3/t29-/m1/s1. The Morgan fingerprint density at radius 2 is 1.68 bits per heavy atom. The van der Waals surface area contributed by atoms with Gasteiger partial charge in [0.25, 0.3) is 11.7 Å². The van der Waals surface area contributed by atoms with Crippen LogP contribution in [0.1, 0.15) is 29.7 Å². The van der Waals surface area contributed by atoms with E-state index in [4.69, 9.17) is 14.2 Å². The molecule has 2 aliphatic heterocycles. The molecule has 2 aliphatic rings. The molecule has 8 nitrogen and oxygen atoms in total. The van der Waals surface area contributed by atoms with E-state index >= 15 is 0 Å². The number of likely N-dealkylation sites (tertiary alicyclic amines) is 1. The van der Waals surface area contributed by atoms with Crippen molar-refractivity contribution in [1.82, 2.24) is 9.80 Å². The van der Waals surface area contributed by atoms with Crippen LogP contribution < -0.4 is 9.47 Å². The van der Waals surface area contributed by atoms with E-state index in [1.165, 1.54) is 0 Å². The van der Waals surface area contributed by atoms with Gasteiger partial charge in [-0.25, -0.2) is 0 Å². The summed E-state index contributed by atoms with van der Waals surface area (Å²) in [6, 6.07) is 21.3. The van der Waals surface area contributed by atoms with Crippen molar-refractivity contribution in [3.05, 3.63) is 95.1 Å². The van der Waals surface area contributed by atoms with Crippen LogP contribution in [0.15, 0.2) is 78.4 Å². The molecule has 2 fully saturated rings. The van der Waals surface area contributed by atoms with Crippen LogP contribution in [0.4, 0.5) is 0 Å². The number of carbonyl (C=O) groups excluding carboxylic acids is 2. The van der Waals surface area contributed by atoms with Gasteiger partial charge in [-0.1, -0.05) is 30.3 Å². The molecule has 208 valence electrons. The molecule has 40 heavy (non-hydrogen) atoms. The Morgan fingerprint density at radius 1 is 0.925 bits per heavy atom. The van der Waals surface area contributed by atoms with Crippen molar-refractivity contribution >= 4 is 17.4 Å². The number of aliphatic hydroxyl groups is 1. The Bertz CT molecular complexity index is 1400. The number of para-hydroxylation sites is 1. The maximum absolute atomic E-state index is 13.5. The van der Waals surface area contributed by atoms with Gasteiger partial charge in [-0.05, 0) is 67.4 Å². The second-order valence-electron chi connectivity index (χ2n) is 9.84. The topological polar surface area (TPSA) is 88.5 Å². The maximum atomic E-state index is 13.5. The number of aryl methyl sites for hydroxylation is 1. The lowest BCUT2D eigenvalue weighted by Crippen LogP contribution is -2.42. The number of ketones is 1. The van der Waals surface area contributed by atoms with Crippen LogP contribution in [-0.2, 0) is 14.3 Å². The summed E-state index contributed by atoms with van der Waals surface area (Å²) in [4.78, 5) is 30.7. The lowest BCUT2D eigenvalue weighted by atomic mass is 9.93. The first-order valence-corrected chi connectivity index (χ1v) is 13.6. The molecule has 0 spiro atoms. The number of amides is 1. The second kappa shape index (κ2) is 12.4. The largest absolute Gasteiger partial charge is 0.507 e. The number of aliphatic hydroxyl groups excluding tert-OH is 1. The van der Waals surface area contributed by atoms with Crippen molar-refractivity contribution in [2.24, 2.45) is 0 Å². The lowest BCUT2D eigenvalue weighted by molar-refractivity contribution is -0.140. The number of morpholine rings is 1. The summed E-state index contributed by atoms with van der Waals surface area (Å²) < 4.78 is 17.1. The van der Waals surface area contributed by atoms with Gasteiger partial charge < -0.3 is 24.2 Å². The number of benzene rings is 3. The zero-order valence-electron chi connectivity index (χ0n) is 22.8. The fraction of sp³-hybridized carbons (Fsp3) is 0.312. The van der Waals surface area contributed by atoms with E-state index in [0.29, 0.717) is 61.3 Å². The SMILES string of the molecule is CCOc1ccc(C(O)=C2C(=O)C(=O)N(CCN3CCOCC3)[C@@H]2c2cccc(Oc3ccccc3)c2)c(C)c1. The van der Waals surface area contributed by atoms with E-state index in [2.05, 4.69) is 4.90 Å². The molecule has 8 heteroatoms. The Hall–Kier alpha value is -4.14. The molecule has 2 saturated heterocycles. The van der Waals surface area contributed by atoms with Crippen molar-refractivity contribution in [1.29, 1.82) is 0 Å². The van der Waals surface area contributed by atoms with Crippen LogP contribution >= 0.6 is 0 Å². The summed E-state index contributed by atoms with van der Waals surface area (Å²) in [6.45, 7) is 7.98. The van der Waals surface area contributed by atoms with Gasteiger partial charge >= 0.3 is 0 Å². The molecular weight excluding hydrogens is 508 g/mol. The summed E-state index contributed by atoms with van der Waals surface area (Å²) >= 11 is 0. The molecule has 2 heterocycles. The molecule has 0 aliphatic carbocycles. The zero-order valence-corrected chi connectivity index (χ0v) is 22.8. The zero-order chi connectivity index (χ0) is 28.1. The molecule has 0 bridgehead atoms. The van der Waals surface area contributed by atoms with Crippen LogP contribution in [-0.4, -0.2) is 72.6 Å². The summed E-state index contributed by atoms with van der Waals surface area (Å²) in [5.41, 5.74) is 1.97. The summed E-state index contributed by atoms with van der Waals surface area (Å²) in [7, 11) is 0. The summed E-state index contributed by atoms with van der Waals surface area (Å²) in [5.74, 6) is 0.382. The number of ether oxygens (including phenoxy) is 3. The van der Waals surface area contributed by atoms with Crippen LogP contribution in [0, 0.1) is 6.92 Å². The maximum Gasteiger partial charge on any atom is 0.295 e. The molecule has 1 atom stereocenters. The van der Waals surface area contributed by atoms with Gasteiger partial charge in [0.15, 0.2) is 0 Å². The first kappa shape index (κ1) is 27.4. The third kappa shape index (κ3) is 5.88. The molecule has 5 rings (SSSR count). The molecule has 0 unspecified atom stereocenters. The van der Waals surface area contributed by atoms with E-state index in [-0.39, 0.29) is 11.3 Å². The van der Waals surface area contributed by atoms with Gasteiger partial charge in [-0.3, -0.25) is 14.5 Å². The number of nitrogens with zero attached hydrogens (tertiary/aromatic N) is 2. The van der Waals surface area contributed by atoms with Crippen molar-refractivity contribution in [3.8, 4) is 17.2 Å². The highest BCUT2D eigenvalue weighted by Gasteiger charge is 2.46. The molecule has 3 aromatic rings. The molecule has 0 radical (unpaired) electrons. The molecule has 1 amide bonds. The Morgan fingerprint density at radius 3 is 2.40 bits per heavy atom. The monoisotopic (exact) mass is 542 g/mol. The van der Waals surface area contributed by atoms with Crippen molar-refractivity contribution in [2.75, 3.05) is 46.0 Å². The summed E-state index contributed by atoms with van der Waals surface area (Å²) in [6.07, 6.45) is 0. The first-order chi connectivity index (χ1) is 19.5. The fourth-order valence-corrected chi connectivity index (χ4v) is 5.21. The van der Waals surface area contributed by atoms with Crippen LogP contribution in [0.25, 0.3) is 5.76 Å². The van der Waals surface area contributed by atoms with Crippen molar-refractivity contribution in [2.45, 2.75) is 19.9 Å². The second-order valence-corrected chi connectivity index (χ2v) is 9.84. The Balaban J connectivity index is 1.55. The molecule has 3 aromatic carbocycles. The third-order valence-corrected chi connectivity index (χ3v) is 7.22. The lowest BCUT2D eigenvalue weighted by Gasteiger charge is -2.31. The van der Waals surface area contributed by atoms with E-state index < -0.39 is 17.7 Å². The highest BCUT2D eigenvalue weighted by molar-refractivity contribution is 6.46. The Labute approximate surface area is 234 Å². The molecule has 1 N–H and O–H groups in total. The van der Waals surface area contributed by atoms with E-state index in [9.17, 15) is 14.7 Å². The van der Waals surface area contributed by atoms with Crippen LogP contribution in [0.3, 0.4) is 0 Å². The first-order valence-electron chi connectivity index (χ1n) is 13.6. The van der Waals surface area contributed by atoms with E-state index in [0.717, 1.165) is 18.7 Å². The number of rotatable bonds is 9. The van der Waals surface area contributed by atoms with Gasteiger partial charge in [0, 0.05) is 31.7 Å². The molecule has 0 aromatic heterocycles. The molecular formula is C32H34N2O6.